The first-order valence-electron chi connectivity index (χ1n) is 6.03. The molecule has 6 nitrogen and oxygen atoms in total. The van der Waals surface area contributed by atoms with E-state index in [0.29, 0.717) is 12.1 Å². The first kappa shape index (κ1) is 14.0. The fraction of sp³-hybridized carbons (Fsp3) is 0.214. The minimum atomic E-state index is -0.487. The molecule has 0 unspecified atom stereocenters. The van der Waals surface area contributed by atoms with Gasteiger partial charge in [0, 0.05) is 29.8 Å². The molecular formula is C14H14N2O4. The van der Waals surface area contributed by atoms with Crippen LogP contribution in [-0.4, -0.2) is 29.2 Å². The Balaban J connectivity index is 1.95. The number of hydrogen-bond acceptors (Lipinski definition) is 5. The average Bonchev–Trinajstić information content (AvgIpc) is 2.91. The highest BCUT2D eigenvalue weighted by Crippen LogP contribution is 2.13. The van der Waals surface area contributed by atoms with Crippen LogP contribution < -0.4 is 0 Å². The second kappa shape index (κ2) is 6.12. The molecule has 20 heavy (non-hydrogen) atoms. The van der Waals surface area contributed by atoms with Gasteiger partial charge in [0.2, 0.25) is 0 Å². The number of carbonyl (C=O) groups is 1. The molecule has 2 rings (SSSR count). The highest BCUT2D eigenvalue weighted by molar-refractivity contribution is 5.97. The van der Waals surface area contributed by atoms with E-state index >= 15 is 0 Å². The molecule has 104 valence electrons. The van der Waals surface area contributed by atoms with Crippen LogP contribution in [0.4, 0.5) is 5.69 Å². The Labute approximate surface area is 115 Å². The molecular weight excluding hydrogens is 260 g/mol. The average molecular weight is 274 g/mol. The van der Waals surface area contributed by atoms with E-state index in [9.17, 15) is 14.9 Å². The summed E-state index contributed by atoms with van der Waals surface area (Å²) in [6.07, 6.45) is 3.22. The largest absolute Gasteiger partial charge is 0.472 e. The second-order valence-corrected chi connectivity index (χ2v) is 4.53. The molecule has 2 aromatic rings. The number of carbonyl (C=O) groups excluding carboxylic acids is 1. The molecule has 0 aliphatic rings. The number of nitrogens with zero attached hydrogens (tertiary/aromatic N) is 2. The summed E-state index contributed by atoms with van der Waals surface area (Å²) in [5.41, 5.74) is 1.44. The van der Waals surface area contributed by atoms with Crippen molar-refractivity contribution in [1.29, 1.82) is 0 Å². The number of likely N-dealkylation sites (N-methyl/N-ethyl adjacent to an activating group) is 1. The molecule has 0 radical (unpaired) electrons. The molecule has 0 aliphatic carbocycles. The van der Waals surface area contributed by atoms with Crippen LogP contribution in [0.25, 0.3) is 0 Å². The van der Waals surface area contributed by atoms with E-state index in [-0.39, 0.29) is 18.0 Å². The Hall–Kier alpha value is -2.47. The van der Waals surface area contributed by atoms with E-state index in [2.05, 4.69) is 0 Å². The zero-order valence-corrected chi connectivity index (χ0v) is 11.0. The predicted molar refractivity (Wildman–Crippen MR) is 72.5 cm³/mol. The van der Waals surface area contributed by atoms with Gasteiger partial charge in [-0.15, -0.1) is 0 Å². The SMILES string of the molecule is CN(CC(=O)c1ccc([N+](=O)[O-])cc1)Cc1ccoc1. The fourth-order valence-electron chi connectivity index (χ4n) is 1.86. The van der Waals surface area contributed by atoms with Gasteiger partial charge in [0.15, 0.2) is 5.78 Å². The molecule has 0 atom stereocenters. The van der Waals surface area contributed by atoms with Crippen LogP contribution in [0.3, 0.4) is 0 Å². The van der Waals surface area contributed by atoms with Crippen LogP contribution >= 0.6 is 0 Å². The number of benzene rings is 1. The highest BCUT2D eigenvalue weighted by Gasteiger charge is 2.12. The maximum absolute atomic E-state index is 12.0. The summed E-state index contributed by atoms with van der Waals surface area (Å²) in [6, 6.07) is 7.47. The zero-order valence-electron chi connectivity index (χ0n) is 11.0. The van der Waals surface area contributed by atoms with Gasteiger partial charge in [0.25, 0.3) is 5.69 Å². The molecule has 0 bridgehead atoms. The minimum Gasteiger partial charge on any atom is -0.472 e. The summed E-state index contributed by atoms with van der Waals surface area (Å²) in [6.45, 7) is 0.845. The van der Waals surface area contributed by atoms with Crippen molar-refractivity contribution in [3.8, 4) is 0 Å². The highest BCUT2D eigenvalue weighted by atomic mass is 16.6. The molecule has 0 fully saturated rings. The van der Waals surface area contributed by atoms with Gasteiger partial charge in [-0.2, -0.15) is 0 Å². The number of furan rings is 1. The van der Waals surface area contributed by atoms with Crippen LogP contribution in [-0.2, 0) is 6.54 Å². The number of nitro groups is 1. The third-order valence-corrected chi connectivity index (χ3v) is 2.85. The number of rotatable bonds is 6. The fourth-order valence-corrected chi connectivity index (χ4v) is 1.86. The number of hydrogen-bond donors (Lipinski definition) is 0. The molecule has 0 aliphatic heterocycles. The van der Waals surface area contributed by atoms with E-state index in [0.717, 1.165) is 5.56 Å². The van der Waals surface area contributed by atoms with Crippen molar-refractivity contribution in [3.05, 3.63) is 64.1 Å². The van der Waals surface area contributed by atoms with Gasteiger partial charge < -0.3 is 4.42 Å². The smallest absolute Gasteiger partial charge is 0.269 e. The molecule has 0 saturated carbocycles. The Morgan fingerprint density at radius 1 is 1.30 bits per heavy atom. The van der Waals surface area contributed by atoms with Gasteiger partial charge in [-0.25, -0.2) is 0 Å². The van der Waals surface area contributed by atoms with Crippen LogP contribution in [0.5, 0.6) is 0 Å². The number of nitro benzene ring substituents is 1. The summed E-state index contributed by atoms with van der Waals surface area (Å²) in [5, 5.41) is 10.5. The van der Waals surface area contributed by atoms with Crippen LogP contribution in [0, 0.1) is 10.1 Å². The molecule has 1 aromatic carbocycles. The third-order valence-electron chi connectivity index (χ3n) is 2.85. The van der Waals surface area contributed by atoms with Gasteiger partial charge in [-0.05, 0) is 25.2 Å². The van der Waals surface area contributed by atoms with Gasteiger partial charge in [0.1, 0.15) is 0 Å². The lowest BCUT2D eigenvalue weighted by Crippen LogP contribution is -2.25. The maximum atomic E-state index is 12.0. The summed E-state index contributed by atoms with van der Waals surface area (Å²) < 4.78 is 4.97. The first-order chi connectivity index (χ1) is 9.56. The lowest BCUT2D eigenvalue weighted by Gasteiger charge is -2.14. The normalized spacial score (nSPS) is 10.7. The van der Waals surface area contributed by atoms with Crippen LogP contribution in [0.15, 0.2) is 47.3 Å². The summed E-state index contributed by atoms with van der Waals surface area (Å²) >= 11 is 0. The van der Waals surface area contributed by atoms with Gasteiger partial charge >= 0.3 is 0 Å². The monoisotopic (exact) mass is 274 g/mol. The summed E-state index contributed by atoms with van der Waals surface area (Å²) in [4.78, 5) is 23.9. The molecule has 0 N–H and O–H groups in total. The van der Waals surface area contributed by atoms with Crippen molar-refractivity contribution in [2.45, 2.75) is 6.54 Å². The Morgan fingerprint density at radius 2 is 2.00 bits per heavy atom. The van der Waals surface area contributed by atoms with Crippen molar-refractivity contribution < 1.29 is 14.1 Å². The molecule has 6 heteroatoms. The van der Waals surface area contributed by atoms with Gasteiger partial charge in [-0.1, -0.05) is 0 Å². The number of Topliss-reactive ketones (excluding diaryl/α,β-unsaturated/α-hetero) is 1. The van der Waals surface area contributed by atoms with E-state index < -0.39 is 4.92 Å². The Morgan fingerprint density at radius 3 is 2.55 bits per heavy atom. The molecule has 0 amide bonds. The van der Waals surface area contributed by atoms with E-state index in [1.54, 1.807) is 12.5 Å². The second-order valence-electron chi connectivity index (χ2n) is 4.53. The molecule has 1 aromatic heterocycles. The molecule has 0 saturated heterocycles. The number of ketones is 1. The standard InChI is InChI=1S/C14H14N2O4/c1-15(8-11-6-7-20-10-11)9-14(17)12-2-4-13(5-3-12)16(18)19/h2-7,10H,8-9H2,1H3. The lowest BCUT2D eigenvalue weighted by atomic mass is 10.1. The van der Waals surface area contributed by atoms with E-state index in [1.165, 1.54) is 24.3 Å². The first-order valence-corrected chi connectivity index (χ1v) is 6.03. The third kappa shape index (κ3) is 3.52. The van der Waals surface area contributed by atoms with E-state index in [1.807, 2.05) is 18.0 Å². The molecule has 1 heterocycles. The van der Waals surface area contributed by atoms with Crippen molar-refractivity contribution in [2.24, 2.45) is 0 Å². The van der Waals surface area contributed by atoms with Crippen LogP contribution in [0.2, 0.25) is 0 Å². The van der Waals surface area contributed by atoms with E-state index in [4.69, 9.17) is 4.42 Å². The summed E-state index contributed by atoms with van der Waals surface area (Å²) in [5.74, 6) is -0.0779. The maximum Gasteiger partial charge on any atom is 0.269 e. The van der Waals surface area contributed by atoms with Crippen LogP contribution in [0.1, 0.15) is 15.9 Å². The topological polar surface area (TPSA) is 76.6 Å². The van der Waals surface area contributed by atoms with Gasteiger partial charge in [0.05, 0.1) is 24.0 Å². The minimum absolute atomic E-state index is 0.0201. The predicted octanol–water partition coefficient (Wildman–Crippen LogP) is 2.50. The quantitative estimate of drug-likeness (QED) is 0.459. The summed E-state index contributed by atoms with van der Waals surface area (Å²) in [7, 11) is 1.83. The Kier molecular flexibility index (Phi) is 4.27. The number of non-ortho nitro benzene ring substituents is 1. The Bertz CT molecular complexity index is 590. The van der Waals surface area contributed by atoms with Crippen molar-refractivity contribution in [2.75, 3.05) is 13.6 Å². The van der Waals surface area contributed by atoms with Crippen molar-refractivity contribution in [1.82, 2.24) is 4.90 Å². The van der Waals surface area contributed by atoms with Crippen molar-refractivity contribution in [3.63, 3.8) is 0 Å². The lowest BCUT2D eigenvalue weighted by molar-refractivity contribution is -0.384. The van der Waals surface area contributed by atoms with Gasteiger partial charge in [-0.3, -0.25) is 19.8 Å². The zero-order chi connectivity index (χ0) is 14.5. The molecule has 0 spiro atoms. The van der Waals surface area contributed by atoms with Crippen molar-refractivity contribution >= 4 is 11.5 Å².